The molecule has 3 nitrogen and oxygen atoms in total. The van der Waals surface area contributed by atoms with Crippen molar-refractivity contribution in [2.45, 2.75) is 20.0 Å². The van der Waals surface area contributed by atoms with E-state index in [1.165, 1.54) is 17.8 Å². The Hall–Kier alpha value is -2.63. The molecule has 2 rings (SSSR count). The van der Waals surface area contributed by atoms with Gasteiger partial charge in [0.2, 0.25) is 0 Å². The van der Waals surface area contributed by atoms with Crippen molar-refractivity contribution < 1.29 is 17.9 Å². The second-order valence-corrected chi connectivity index (χ2v) is 4.65. The molecule has 23 heavy (non-hydrogen) atoms. The minimum atomic E-state index is -3.06. The molecule has 0 aromatic heterocycles. The van der Waals surface area contributed by atoms with E-state index in [1.807, 2.05) is 24.3 Å². The maximum atomic E-state index is 13.5. The highest BCUT2D eigenvalue weighted by molar-refractivity contribution is 5.82. The minimum absolute atomic E-state index is 0.391. The summed E-state index contributed by atoms with van der Waals surface area (Å²) in [6, 6.07) is 11.4. The molecule has 120 valence electrons. The van der Waals surface area contributed by atoms with Crippen LogP contribution in [0.3, 0.4) is 0 Å². The van der Waals surface area contributed by atoms with E-state index in [0.717, 1.165) is 24.1 Å². The van der Waals surface area contributed by atoms with Crippen LogP contribution in [0.4, 0.5) is 13.2 Å². The molecule has 0 radical (unpaired) electrons. The lowest BCUT2D eigenvalue weighted by Crippen LogP contribution is -2.03. The Kier molecular flexibility index (Phi) is 5.91. The van der Waals surface area contributed by atoms with E-state index < -0.39 is 18.2 Å². The standard InChI is InChI=1S/C17H15F3N2O/c1-2-12-3-5-13(6-4-12)10-21-22-11-14-7-8-16(15(18)9-14)23-17(19)20/h3-11,17H,2H2,1H3. The van der Waals surface area contributed by atoms with E-state index in [9.17, 15) is 13.2 Å². The second kappa shape index (κ2) is 8.12. The maximum absolute atomic E-state index is 13.5. The lowest BCUT2D eigenvalue weighted by molar-refractivity contribution is -0.0521. The molecule has 0 saturated heterocycles. The first-order chi connectivity index (χ1) is 11.1. The number of hydrogen-bond acceptors (Lipinski definition) is 3. The summed E-state index contributed by atoms with van der Waals surface area (Å²) < 4.78 is 41.6. The number of hydrogen-bond donors (Lipinski definition) is 0. The molecule has 2 aromatic rings. The van der Waals surface area contributed by atoms with Gasteiger partial charge in [-0.1, -0.05) is 31.2 Å². The fraction of sp³-hybridized carbons (Fsp3) is 0.176. The number of rotatable bonds is 6. The van der Waals surface area contributed by atoms with Crippen molar-refractivity contribution in [1.82, 2.24) is 0 Å². The van der Waals surface area contributed by atoms with Crippen molar-refractivity contribution in [3.8, 4) is 5.75 Å². The van der Waals surface area contributed by atoms with Crippen LogP contribution in [0.1, 0.15) is 23.6 Å². The highest BCUT2D eigenvalue weighted by Gasteiger charge is 2.09. The zero-order chi connectivity index (χ0) is 16.7. The molecule has 0 bridgehead atoms. The van der Waals surface area contributed by atoms with Crippen molar-refractivity contribution in [3.05, 3.63) is 65.0 Å². The quantitative estimate of drug-likeness (QED) is 0.572. The van der Waals surface area contributed by atoms with Crippen molar-refractivity contribution in [2.24, 2.45) is 10.2 Å². The van der Waals surface area contributed by atoms with Gasteiger partial charge in [0.1, 0.15) is 0 Å². The number of ether oxygens (including phenoxy) is 1. The van der Waals surface area contributed by atoms with Crippen LogP contribution in [-0.2, 0) is 6.42 Å². The Morgan fingerprint density at radius 2 is 1.61 bits per heavy atom. The summed E-state index contributed by atoms with van der Waals surface area (Å²) in [7, 11) is 0. The molecular formula is C17H15F3N2O. The van der Waals surface area contributed by atoms with Crippen molar-refractivity contribution in [1.29, 1.82) is 0 Å². The molecule has 0 aliphatic heterocycles. The second-order valence-electron chi connectivity index (χ2n) is 4.65. The molecule has 2 aromatic carbocycles. The Balaban J connectivity index is 1.99. The van der Waals surface area contributed by atoms with Crippen LogP contribution in [0.25, 0.3) is 0 Å². The predicted octanol–water partition coefficient (Wildman–Crippen LogP) is 4.44. The molecule has 0 fully saturated rings. The van der Waals surface area contributed by atoms with E-state index in [0.29, 0.717) is 5.56 Å². The molecule has 0 aliphatic rings. The summed E-state index contributed by atoms with van der Waals surface area (Å²) >= 11 is 0. The van der Waals surface area contributed by atoms with Gasteiger partial charge < -0.3 is 4.74 Å². The zero-order valence-corrected chi connectivity index (χ0v) is 12.4. The molecule has 0 atom stereocenters. The largest absolute Gasteiger partial charge is 0.432 e. The Morgan fingerprint density at radius 3 is 2.17 bits per heavy atom. The van der Waals surface area contributed by atoms with Gasteiger partial charge in [-0.05, 0) is 41.3 Å². The van der Waals surface area contributed by atoms with Crippen LogP contribution in [0.15, 0.2) is 52.7 Å². The zero-order valence-electron chi connectivity index (χ0n) is 12.4. The smallest absolute Gasteiger partial charge is 0.387 e. The third-order valence-corrected chi connectivity index (χ3v) is 3.04. The van der Waals surface area contributed by atoms with Crippen molar-refractivity contribution in [2.75, 3.05) is 0 Å². The number of alkyl halides is 2. The Labute approximate surface area is 132 Å². The minimum Gasteiger partial charge on any atom is -0.432 e. The van der Waals surface area contributed by atoms with Gasteiger partial charge >= 0.3 is 6.61 Å². The molecule has 6 heteroatoms. The third-order valence-electron chi connectivity index (χ3n) is 3.04. The van der Waals surface area contributed by atoms with E-state index >= 15 is 0 Å². The number of benzene rings is 2. The lowest BCUT2D eigenvalue weighted by Gasteiger charge is -2.05. The molecule has 0 heterocycles. The molecular weight excluding hydrogens is 305 g/mol. The van der Waals surface area contributed by atoms with Crippen LogP contribution >= 0.6 is 0 Å². The van der Waals surface area contributed by atoms with Gasteiger partial charge in [-0.3, -0.25) is 0 Å². The molecule has 0 saturated carbocycles. The first-order valence-electron chi connectivity index (χ1n) is 6.98. The highest BCUT2D eigenvalue weighted by Crippen LogP contribution is 2.19. The predicted molar refractivity (Wildman–Crippen MR) is 84.0 cm³/mol. The Bertz CT molecular complexity index is 697. The fourth-order valence-electron chi connectivity index (χ4n) is 1.83. The van der Waals surface area contributed by atoms with Gasteiger partial charge in [0.05, 0.1) is 12.4 Å². The average molecular weight is 320 g/mol. The van der Waals surface area contributed by atoms with Gasteiger partial charge in [-0.2, -0.15) is 19.0 Å². The summed E-state index contributed by atoms with van der Waals surface area (Å²) in [6.07, 6.45) is 3.86. The monoisotopic (exact) mass is 320 g/mol. The first kappa shape index (κ1) is 16.7. The van der Waals surface area contributed by atoms with Crippen LogP contribution in [0.2, 0.25) is 0 Å². The van der Waals surface area contributed by atoms with E-state index in [2.05, 4.69) is 21.9 Å². The molecule has 0 N–H and O–H groups in total. The lowest BCUT2D eigenvalue weighted by atomic mass is 10.1. The highest BCUT2D eigenvalue weighted by atomic mass is 19.3. The van der Waals surface area contributed by atoms with Gasteiger partial charge in [-0.15, -0.1) is 0 Å². The maximum Gasteiger partial charge on any atom is 0.387 e. The number of nitrogens with zero attached hydrogens (tertiary/aromatic N) is 2. The van der Waals surface area contributed by atoms with Gasteiger partial charge in [-0.25, -0.2) is 4.39 Å². The van der Waals surface area contributed by atoms with E-state index in [4.69, 9.17) is 0 Å². The Morgan fingerprint density at radius 1 is 1.00 bits per heavy atom. The molecule has 0 unspecified atom stereocenters. The van der Waals surface area contributed by atoms with Gasteiger partial charge in [0, 0.05) is 0 Å². The number of aryl methyl sites for hydroxylation is 1. The fourth-order valence-corrected chi connectivity index (χ4v) is 1.83. The summed E-state index contributed by atoms with van der Waals surface area (Å²) in [5.74, 6) is -1.38. The van der Waals surface area contributed by atoms with Crippen LogP contribution in [0, 0.1) is 5.82 Å². The molecule has 0 amide bonds. The summed E-state index contributed by atoms with van der Waals surface area (Å²) in [4.78, 5) is 0. The average Bonchev–Trinajstić information content (AvgIpc) is 2.54. The van der Waals surface area contributed by atoms with Gasteiger partial charge in [0.15, 0.2) is 11.6 Å². The van der Waals surface area contributed by atoms with Crippen molar-refractivity contribution in [3.63, 3.8) is 0 Å². The number of halogens is 3. The van der Waals surface area contributed by atoms with Gasteiger partial charge in [0.25, 0.3) is 0 Å². The van der Waals surface area contributed by atoms with E-state index in [-0.39, 0.29) is 0 Å². The molecule has 0 aliphatic carbocycles. The molecule has 0 spiro atoms. The van der Waals surface area contributed by atoms with Crippen LogP contribution < -0.4 is 4.74 Å². The SMILES string of the molecule is CCc1ccc(C=NN=Cc2ccc(OC(F)F)c(F)c2)cc1. The van der Waals surface area contributed by atoms with Crippen LogP contribution in [-0.4, -0.2) is 19.0 Å². The summed E-state index contributed by atoms with van der Waals surface area (Å²) in [5, 5.41) is 7.66. The first-order valence-corrected chi connectivity index (χ1v) is 6.98. The topological polar surface area (TPSA) is 34.0 Å². The van der Waals surface area contributed by atoms with E-state index in [1.54, 1.807) is 6.21 Å². The summed E-state index contributed by atoms with van der Waals surface area (Å²) in [5.41, 5.74) is 2.51. The summed E-state index contributed by atoms with van der Waals surface area (Å²) in [6.45, 7) is -0.989. The van der Waals surface area contributed by atoms with Crippen LogP contribution in [0.5, 0.6) is 5.75 Å². The third kappa shape index (κ3) is 5.25. The van der Waals surface area contributed by atoms with Crippen molar-refractivity contribution >= 4 is 12.4 Å². The normalized spacial score (nSPS) is 11.7.